The van der Waals surface area contributed by atoms with Crippen LogP contribution in [0.3, 0.4) is 0 Å². The molecule has 1 aromatic rings. The zero-order chi connectivity index (χ0) is 9.52. The molecule has 13 heavy (non-hydrogen) atoms. The second kappa shape index (κ2) is 5.09. The maximum absolute atomic E-state index is 10.3. The molecule has 0 radical (unpaired) electrons. The normalized spacial score (nSPS) is 10.2. The van der Waals surface area contributed by atoms with Gasteiger partial charge in [-0.3, -0.25) is 9.79 Å². The van der Waals surface area contributed by atoms with Crippen molar-refractivity contribution in [2.75, 3.05) is 13.7 Å². The molecule has 0 N–H and O–H groups in total. The Kier molecular flexibility index (Phi) is 3.70. The molecule has 0 aromatic heterocycles. The number of ether oxygens (including phenoxy) is 1. The first-order chi connectivity index (χ1) is 6.36. The van der Waals surface area contributed by atoms with Gasteiger partial charge in [0.1, 0.15) is 18.6 Å². The van der Waals surface area contributed by atoms with E-state index in [-0.39, 0.29) is 0 Å². The van der Waals surface area contributed by atoms with E-state index in [4.69, 9.17) is 4.74 Å². The Hall–Kier alpha value is -1.64. The molecular formula is C10H11NO2. The van der Waals surface area contributed by atoms with Crippen molar-refractivity contribution in [3.63, 3.8) is 0 Å². The highest BCUT2D eigenvalue weighted by atomic mass is 16.5. The van der Waals surface area contributed by atoms with E-state index in [1.165, 1.54) is 0 Å². The molecule has 0 bridgehead atoms. The Balaban J connectivity index is 2.53. The summed E-state index contributed by atoms with van der Waals surface area (Å²) < 4.78 is 5.28. The molecule has 1 rings (SSSR count). The van der Waals surface area contributed by atoms with Crippen molar-refractivity contribution in [1.82, 2.24) is 0 Å². The highest BCUT2D eigenvalue weighted by Gasteiger charge is 1.92. The minimum atomic E-state index is 0.455. The summed E-state index contributed by atoms with van der Waals surface area (Å²) in [6, 6.07) is 6.94. The van der Waals surface area contributed by atoms with Gasteiger partial charge in [-0.25, -0.2) is 0 Å². The number of hydrogen-bond acceptors (Lipinski definition) is 3. The summed E-state index contributed by atoms with van der Waals surface area (Å²) in [5.74, 6) is 0.741. The fourth-order valence-corrected chi connectivity index (χ4v) is 0.851. The van der Waals surface area contributed by atoms with Gasteiger partial charge in [-0.05, 0) is 24.3 Å². The molecule has 68 valence electrons. The van der Waals surface area contributed by atoms with Crippen LogP contribution in [0.5, 0.6) is 5.75 Å². The van der Waals surface area contributed by atoms with E-state index in [1.54, 1.807) is 37.5 Å². The van der Waals surface area contributed by atoms with Gasteiger partial charge in [0.2, 0.25) is 0 Å². The van der Waals surface area contributed by atoms with Gasteiger partial charge < -0.3 is 4.74 Å². The standard InChI is InChI=1S/C10H11NO2/c1-11-6-7-13-10-4-2-9(8-12)3-5-10/h2-6,8H,7H2,1H3/b11-6+. The SMILES string of the molecule is C/N=C/COc1ccc(C=O)cc1. The van der Waals surface area contributed by atoms with Gasteiger partial charge in [-0.15, -0.1) is 0 Å². The highest BCUT2D eigenvalue weighted by molar-refractivity contribution is 5.74. The van der Waals surface area contributed by atoms with E-state index >= 15 is 0 Å². The molecule has 0 saturated carbocycles. The van der Waals surface area contributed by atoms with Crippen LogP contribution in [-0.4, -0.2) is 26.2 Å². The predicted molar refractivity (Wildman–Crippen MR) is 51.7 cm³/mol. The average Bonchev–Trinajstić information content (AvgIpc) is 2.19. The van der Waals surface area contributed by atoms with E-state index in [0.717, 1.165) is 12.0 Å². The van der Waals surface area contributed by atoms with Crippen LogP contribution in [0.25, 0.3) is 0 Å². The molecule has 0 saturated heterocycles. The second-order valence-corrected chi connectivity index (χ2v) is 2.44. The molecule has 0 spiro atoms. The average molecular weight is 177 g/mol. The van der Waals surface area contributed by atoms with Gasteiger partial charge in [0.15, 0.2) is 0 Å². The number of carbonyl (C=O) groups is 1. The number of aliphatic imine (C=N–C) groups is 1. The summed E-state index contributed by atoms with van der Waals surface area (Å²) >= 11 is 0. The number of aldehydes is 1. The van der Waals surface area contributed by atoms with E-state index in [2.05, 4.69) is 4.99 Å². The van der Waals surface area contributed by atoms with Crippen molar-refractivity contribution in [2.45, 2.75) is 0 Å². The lowest BCUT2D eigenvalue weighted by atomic mass is 10.2. The molecule has 3 nitrogen and oxygen atoms in total. The topological polar surface area (TPSA) is 38.7 Å². The van der Waals surface area contributed by atoms with Crippen molar-refractivity contribution < 1.29 is 9.53 Å². The quantitative estimate of drug-likeness (QED) is 0.517. The number of benzene rings is 1. The second-order valence-electron chi connectivity index (χ2n) is 2.44. The van der Waals surface area contributed by atoms with Crippen LogP contribution in [0.4, 0.5) is 0 Å². The van der Waals surface area contributed by atoms with Crippen molar-refractivity contribution in [1.29, 1.82) is 0 Å². The van der Waals surface area contributed by atoms with Crippen LogP contribution in [0.2, 0.25) is 0 Å². The highest BCUT2D eigenvalue weighted by Crippen LogP contribution is 2.10. The molecule has 0 aliphatic rings. The Labute approximate surface area is 77.1 Å². The maximum atomic E-state index is 10.3. The van der Waals surface area contributed by atoms with Gasteiger partial charge in [0, 0.05) is 18.8 Å². The zero-order valence-electron chi connectivity index (χ0n) is 7.43. The summed E-state index contributed by atoms with van der Waals surface area (Å²) in [6.07, 6.45) is 2.48. The van der Waals surface area contributed by atoms with Crippen LogP contribution in [0.1, 0.15) is 10.4 Å². The zero-order valence-corrected chi connectivity index (χ0v) is 7.43. The van der Waals surface area contributed by atoms with Crippen LogP contribution >= 0.6 is 0 Å². The first kappa shape index (κ1) is 9.45. The Morgan fingerprint density at radius 2 is 2.08 bits per heavy atom. The van der Waals surface area contributed by atoms with E-state index in [1.807, 2.05) is 0 Å². The van der Waals surface area contributed by atoms with Gasteiger partial charge >= 0.3 is 0 Å². The predicted octanol–water partition coefficient (Wildman–Crippen LogP) is 1.58. The number of hydrogen-bond donors (Lipinski definition) is 0. The molecule has 1 aromatic carbocycles. The fourth-order valence-electron chi connectivity index (χ4n) is 0.851. The van der Waals surface area contributed by atoms with Crippen molar-refractivity contribution in [3.8, 4) is 5.75 Å². The molecule has 0 atom stereocenters. The third kappa shape index (κ3) is 3.07. The number of nitrogens with zero attached hydrogens (tertiary/aromatic N) is 1. The Bertz CT molecular complexity index is 290. The number of carbonyl (C=O) groups excluding carboxylic acids is 1. The van der Waals surface area contributed by atoms with E-state index in [0.29, 0.717) is 12.2 Å². The van der Waals surface area contributed by atoms with Gasteiger partial charge in [-0.1, -0.05) is 0 Å². The summed E-state index contributed by atoms with van der Waals surface area (Å²) in [6.45, 7) is 0.455. The summed E-state index contributed by atoms with van der Waals surface area (Å²) in [7, 11) is 1.69. The minimum Gasteiger partial charge on any atom is -0.488 e. The molecule has 0 unspecified atom stereocenters. The van der Waals surface area contributed by atoms with E-state index in [9.17, 15) is 4.79 Å². The van der Waals surface area contributed by atoms with Crippen LogP contribution in [0, 0.1) is 0 Å². The lowest BCUT2D eigenvalue weighted by molar-refractivity contribution is 0.112. The van der Waals surface area contributed by atoms with Crippen molar-refractivity contribution in [3.05, 3.63) is 29.8 Å². The third-order valence-electron chi connectivity index (χ3n) is 1.52. The molecule has 0 fully saturated rings. The molecule has 0 heterocycles. The summed E-state index contributed by atoms with van der Waals surface area (Å²) in [4.78, 5) is 14.1. The minimum absolute atomic E-state index is 0.455. The first-order valence-corrected chi connectivity index (χ1v) is 3.95. The largest absolute Gasteiger partial charge is 0.488 e. The van der Waals surface area contributed by atoms with Gasteiger partial charge in [0.25, 0.3) is 0 Å². The molecular weight excluding hydrogens is 166 g/mol. The number of rotatable bonds is 4. The van der Waals surface area contributed by atoms with Gasteiger partial charge in [-0.2, -0.15) is 0 Å². The molecule has 0 aliphatic carbocycles. The maximum Gasteiger partial charge on any atom is 0.150 e. The Morgan fingerprint density at radius 3 is 2.62 bits per heavy atom. The van der Waals surface area contributed by atoms with Crippen molar-refractivity contribution in [2.24, 2.45) is 4.99 Å². The van der Waals surface area contributed by atoms with Gasteiger partial charge in [0.05, 0.1) is 0 Å². The lowest BCUT2D eigenvalue weighted by Gasteiger charge is -2.01. The third-order valence-corrected chi connectivity index (χ3v) is 1.52. The lowest BCUT2D eigenvalue weighted by Crippen LogP contribution is -1.97. The van der Waals surface area contributed by atoms with E-state index < -0.39 is 0 Å². The van der Waals surface area contributed by atoms with Crippen LogP contribution in [0.15, 0.2) is 29.3 Å². The summed E-state index contributed by atoms with van der Waals surface area (Å²) in [5.41, 5.74) is 0.650. The Morgan fingerprint density at radius 1 is 1.38 bits per heavy atom. The molecule has 0 aliphatic heterocycles. The summed E-state index contributed by atoms with van der Waals surface area (Å²) in [5, 5.41) is 0. The van der Waals surface area contributed by atoms with Crippen molar-refractivity contribution >= 4 is 12.5 Å². The monoisotopic (exact) mass is 177 g/mol. The fraction of sp³-hybridized carbons (Fsp3) is 0.200. The molecule has 3 heteroatoms. The van der Waals surface area contributed by atoms with Crippen LogP contribution < -0.4 is 4.74 Å². The van der Waals surface area contributed by atoms with Crippen LogP contribution in [-0.2, 0) is 0 Å². The smallest absolute Gasteiger partial charge is 0.150 e. The first-order valence-electron chi connectivity index (χ1n) is 3.95. The molecule has 0 amide bonds.